The van der Waals surface area contributed by atoms with Gasteiger partial charge in [-0.25, -0.2) is 0 Å². The summed E-state index contributed by atoms with van der Waals surface area (Å²) < 4.78 is 1.32. The van der Waals surface area contributed by atoms with Crippen LogP contribution in [-0.4, -0.2) is 6.54 Å². The molecule has 96 valence electrons. The Bertz CT molecular complexity index is 507. The SMILES string of the molecule is CCNC(CC)c1ccc(-c2ccccc2I)s1. The summed E-state index contributed by atoms with van der Waals surface area (Å²) in [7, 11) is 0. The Morgan fingerprint density at radius 3 is 2.61 bits per heavy atom. The zero-order valence-corrected chi connectivity index (χ0v) is 13.7. The van der Waals surface area contributed by atoms with Gasteiger partial charge in [-0.15, -0.1) is 11.3 Å². The maximum atomic E-state index is 3.54. The Morgan fingerprint density at radius 2 is 1.94 bits per heavy atom. The molecule has 0 radical (unpaired) electrons. The average molecular weight is 371 g/mol. The van der Waals surface area contributed by atoms with Crippen molar-refractivity contribution < 1.29 is 0 Å². The minimum absolute atomic E-state index is 0.495. The van der Waals surface area contributed by atoms with Crippen molar-refractivity contribution in [3.8, 4) is 10.4 Å². The van der Waals surface area contributed by atoms with Crippen molar-refractivity contribution in [3.05, 3.63) is 44.8 Å². The lowest BCUT2D eigenvalue weighted by atomic mass is 10.1. The van der Waals surface area contributed by atoms with Crippen LogP contribution in [0.5, 0.6) is 0 Å². The normalized spacial score (nSPS) is 12.6. The van der Waals surface area contributed by atoms with E-state index in [1.54, 1.807) is 0 Å². The second-order valence-corrected chi connectivity index (χ2v) is 6.48. The van der Waals surface area contributed by atoms with E-state index in [9.17, 15) is 0 Å². The molecule has 0 aliphatic heterocycles. The van der Waals surface area contributed by atoms with Gasteiger partial charge < -0.3 is 5.32 Å². The van der Waals surface area contributed by atoms with Crippen molar-refractivity contribution >= 4 is 33.9 Å². The van der Waals surface area contributed by atoms with Crippen LogP contribution in [0.4, 0.5) is 0 Å². The number of halogens is 1. The Hall–Kier alpha value is -0.390. The summed E-state index contributed by atoms with van der Waals surface area (Å²) in [5.41, 5.74) is 1.35. The van der Waals surface area contributed by atoms with Crippen LogP contribution in [0, 0.1) is 3.57 Å². The van der Waals surface area contributed by atoms with Gasteiger partial charge in [-0.2, -0.15) is 0 Å². The molecule has 0 saturated carbocycles. The highest BCUT2D eigenvalue weighted by Gasteiger charge is 2.12. The Labute approximate surface area is 127 Å². The van der Waals surface area contributed by atoms with E-state index in [-0.39, 0.29) is 0 Å². The number of hydrogen-bond acceptors (Lipinski definition) is 2. The Kier molecular flexibility index (Phi) is 5.21. The van der Waals surface area contributed by atoms with Gasteiger partial charge in [0, 0.05) is 24.9 Å². The van der Waals surface area contributed by atoms with Crippen LogP contribution in [0.25, 0.3) is 10.4 Å². The maximum Gasteiger partial charge on any atom is 0.0412 e. The fraction of sp³-hybridized carbons (Fsp3) is 0.333. The van der Waals surface area contributed by atoms with Crippen molar-refractivity contribution in [1.82, 2.24) is 5.32 Å². The summed E-state index contributed by atoms with van der Waals surface area (Å²) in [5, 5.41) is 3.54. The summed E-state index contributed by atoms with van der Waals surface area (Å²) in [5.74, 6) is 0. The lowest BCUT2D eigenvalue weighted by Gasteiger charge is -2.13. The van der Waals surface area contributed by atoms with E-state index in [0.29, 0.717) is 6.04 Å². The van der Waals surface area contributed by atoms with Crippen LogP contribution in [0.1, 0.15) is 31.2 Å². The predicted octanol–water partition coefficient (Wildman–Crippen LogP) is 5.08. The minimum atomic E-state index is 0.495. The number of thiophene rings is 1. The minimum Gasteiger partial charge on any atom is -0.310 e. The third kappa shape index (κ3) is 3.13. The van der Waals surface area contributed by atoms with Crippen molar-refractivity contribution in [3.63, 3.8) is 0 Å². The first-order valence-corrected chi connectivity index (χ1v) is 8.23. The highest BCUT2D eigenvalue weighted by molar-refractivity contribution is 14.1. The molecule has 0 amide bonds. The Morgan fingerprint density at radius 1 is 1.17 bits per heavy atom. The monoisotopic (exact) mass is 371 g/mol. The average Bonchev–Trinajstić information content (AvgIpc) is 2.85. The molecule has 0 fully saturated rings. The van der Waals surface area contributed by atoms with Crippen LogP contribution < -0.4 is 5.32 Å². The zero-order valence-electron chi connectivity index (χ0n) is 10.7. The van der Waals surface area contributed by atoms with Crippen molar-refractivity contribution in [1.29, 1.82) is 0 Å². The first kappa shape index (κ1) is 14.0. The van der Waals surface area contributed by atoms with E-state index in [2.05, 4.69) is 78.2 Å². The molecule has 1 atom stereocenters. The standard InChI is InChI=1S/C15H18INS/c1-3-13(17-4-2)15-10-9-14(18-15)11-7-5-6-8-12(11)16/h5-10,13,17H,3-4H2,1-2H3. The summed E-state index contributed by atoms with van der Waals surface area (Å²) in [4.78, 5) is 2.81. The second kappa shape index (κ2) is 6.68. The molecule has 1 nitrogen and oxygen atoms in total. The first-order chi connectivity index (χ1) is 8.76. The van der Waals surface area contributed by atoms with Crippen LogP contribution in [-0.2, 0) is 0 Å². The van der Waals surface area contributed by atoms with E-state index >= 15 is 0 Å². The topological polar surface area (TPSA) is 12.0 Å². The van der Waals surface area contributed by atoms with Gasteiger partial charge in [0.05, 0.1) is 0 Å². The van der Waals surface area contributed by atoms with E-state index < -0.39 is 0 Å². The molecule has 1 aromatic heterocycles. The lowest BCUT2D eigenvalue weighted by molar-refractivity contribution is 0.545. The maximum absolute atomic E-state index is 3.54. The van der Waals surface area contributed by atoms with Crippen molar-refractivity contribution in [2.24, 2.45) is 0 Å². The second-order valence-electron chi connectivity index (χ2n) is 4.20. The molecule has 1 aromatic carbocycles. The molecule has 0 aliphatic carbocycles. The van der Waals surface area contributed by atoms with Gasteiger partial charge in [0.1, 0.15) is 0 Å². The molecular weight excluding hydrogens is 353 g/mol. The van der Waals surface area contributed by atoms with Gasteiger partial charge in [-0.1, -0.05) is 32.0 Å². The summed E-state index contributed by atoms with van der Waals surface area (Å²) in [6, 6.07) is 13.6. The molecule has 3 heteroatoms. The highest BCUT2D eigenvalue weighted by Crippen LogP contribution is 2.34. The summed E-state index contributed by atoms with van der Waals surface area (Å²) in [6.45, 7) is 5.42. The predicted molar refractivity (Wildman–Crippen MR) is 89.2 cm³/mol. The molecule has 1 heterocycles. The quantitative estimate of drug-likeness (QED) is 0.723. The number of nitrogens with one attached hydrogen (secondary N) is 1. The van der Waals surface area contributed by atoms with Crippen LogP contribution in [0.15, 0.2) is 36.4 Å². The van der Waals surface area contributed by atoms with Gasteiger partial charge >= 0.3 is 0 Å². The largest absolute Gasteiger partial charge is 0.310 e. The summed E-state index contributed by atoms with van der Waals surface area (Å²) >= 11 is 4.31. The summed E-state index contributed by atoms with van der Waals surface area (Å²) in [6.07, 6.45) is 1.14. The number of benzene rings is 1. The third-order valence-electron chi connectivity index (χ3n) is 2.97. The fourth-order valence-electron chi connectivity index (χ4n) is 2.04. The molecule has 0 aliphatic rings. The van der Waals surface area contributed by atoms with Crippen LogP contribution in [0.2, 0.25) is 0 Å². The molecule has 1 unspecified atom stereocenters. The van der Waals surface area contributed by atoms with Gasteiger partial charge in [-0.3, -0.25) is 0 Å². The lowest BCUT2D eigenvalue weighted by Crippen LogP contribution is -2.18. The molecule has 18 heavy (non-hydrogen) atoms. The smallest absolute Gasteiger partial charge is 0.0412 e. The third-order valence-corrected chi connectivity index (χ3v) is 5.14. The zero-order chi connectivity index (χ0) is 13.0. The fourth-order valence-corrected chi connectivity index (χ4v) is 4.11. The van der Waals surface area contributed by atoms with Crippen molar-refractivity contribution in [2.45, 2.75) is 26.3 Å². The Balaban J connectivity index is 2.28. The number of hydrogen-bond donors (Lipinski definition) is 1. The number of rotatable bonds is 5. The van der Waals surface area contributed by atoms with E-state index in [1.807, 2.05) is 11.3 Å². The highest BCUT2D eigenvalue weighted by atomic mass is 127. The molecule has 0 saturated heterocycles. The van der Waals surface area contributed by atoms with Gasteiger partial charge in [0.15, 0.2) is 0 Å². The van der Waals surface area contributed by atoms with E-state index in [1.165, 1.54) is 18.9 Å². The van der Waals surface area contributed by atoms with Crippen LogP contribution >= 0.6 is 33.9 Å². The molecule has 1 N–H and O–H groups in total. The van der Waals surface area contributed by atoms with Crippen LogP contribution in [0.3, 0.4) is 0 Å². The van der Waals surface area contributed by atoms with E-state index in [0.717, 1.165) is 13.0 Å². The molecular formula is C15H18INS. The van der Waals surface area contributed by atoms with Crippen molar-refractivity contribution in [2.75, 3.05) is 6.54 Å². The van der Waals surface area contributed by atoms with E-state index in [4.69, 9.17) is 0 Å². The molecule has 2 aromatic rings. The van der Waals surface area contributed by atoms with Gasteiger partial charge in [0.25, 0.3) is 0 Å². The molecule has 0 bridgehead atoms. The molecule has 2 rings (SSSR count). The van der Waals surface area contributed by atoms with Gasteiger partial charge in [0.2, 0.25) is 0 Å². The molecule has 0 spiro atoms. The first-order valence-electron chi connectivity index (χ1n) is 6.34. The van der Waals surface area contributed by atoms with Gasteiger partial charge in [-0.05, 0) is 53.8 Å².